The second-order valence-electron chi connectivity index (χ2n) is 6.42. The number of carbonyl (C=O) groups is 2. The number of esters is 1. The number of ether oxygens (including phenoxy) is 3. The number of hydrogen-bond acceptors (Lipinski definition) is 5. The predicted molar refractivity (Wildman–Crippen MR) is 83.8 cm³/mol. The SMILES string of the molecule is COC(=O)[C@H]1[C@H](COCc2ccccc2)N1C(=O)OC(C)(C)C. The molecule has 0 bridgehead atoms. The summed E-state index contributed by atoms with van der Waals surface area (Å²) in [6.45, 7) is 6.02. The van der Waals surface area contributed by atoms with Gasteiger partial charge in [-0.2, -0.15) is 0 Å². The Labute approximate surface area is 136 Å². The summed E-state index contributed by atoms with van der Waals surface area (Å²) in [7, 11) is 1.30. The molecule has 2 atom stereocenters. The van der Waals surface area contributed by atoms with E-state index in [9.17, 15) is 9.59 Å². The number of hydrogen-bond donors (Lipinski definition) is 0. The van der Waals surface area contributed by atoms with Crippen LogP contribution in [-0.2, 0) is 25.6 Å². The highest BCUT2D eigenvalue weighted by Gasteiger charge is 2.58. The van der Waals surface area contributed by atoms with Crippen LogP contribution in [0.3, 0.4) is 0 Å². The summed E-state index contributed by atoms with van der Waals surface area (Å²) >= 11 is 0. The zero-order valence-corrected chi connectivity index (χ0v) is 13.9. The largest absolute Gasteiger partial charge is 0.467 e. The Morgan fingerprint density at radius 2 is 1.83 bits per heavy atom. The Kier molecular flexibility index (Phi) is 5.26. The summed E-state index contributed by atoms with van der Waals surface area (Å²) in [5.74, 6) is -0.454. The Bertz CT molecular complexity index is 552. The molecule has 2 rings (SSSR count). The number of rotatable bonds is 5. The lowest BCUT2D eigenvalue weighted by Gasteiger charge is -2.20. The van der Waals surface area contributed by atoms with Gasteiger partial charge in [-0.1, -0.05) is 30.3 Å². The normalized spacial score (nSPS) is 20.1. The standard InChI is InChI=1S/C17H23NO5/c1-17(2,3)23-16(20)18-13(14(18)15(19)21-4)11-22-10-12-8-6-5-7-9-12/h5-9,13-14H,10-11H2,1-4H3/t13-,14+,18?/m0/s1. The highest BCUT2D eigenvalue weighted by atomic mass is 16.6. The van der Waals surface area contributed by atoms with Gasteiger partial charge in [0.05, 0.1) is 26.4 Å². The van der Waals surface area contributed by atoms with Gasteiger partial charge in [0.2, 0.25) is 0 Å². The second-order valence-corrected chi connectivity index (χ2v) is 6.42. The van der Waals surface area contributed by atoms with Crippen LogP contribution in [0.5, 0.6) is 0 Å². The van der Waals surface area contributed by atoms with Crippen LogP contribution in [0.1, 0.15) is 26.3 Å². The minimum atomic E-state index is -0.634. The highest BCUT2D eigenvalue weighted by molar-refractivity contribution is 5.88. The molecule has 1 aromatic carbocycles. The van der Waals surface area contributed by atoms with Gasteiger partial charge in [-0.15, -0.1) is 0 Å². The maximum absolute atomic E-state index is 12.1. The van der Waals surface area contributed by atoms with Crippen LogP contribution in [0.2, 0.25) is 0 Å². The molecule has 1 aliphatic rings. The van der Waals surface area contributed by atoms with E-state index in [1.807, 2.05) is 30.3 Å². The van der Waals surface area contributed by atoms with E-state index in [4.69, 9.17) is 14.2 Å². The van der Waals surface area contributed by atoms with E-state index in [1.54, 1.807) is 20.8 Å². The summed E-state index contributed by atoms with van der Waals surface area (Å²) in [4.78, 5) is 25.3. The lowest BCUT2D eigenvalue weighted by molar-refractivity contribution is -0.141. The molecule has 0 spiro atoms. The average Bonchev–Trinajstić information content (AvgIpc) is 3.20. The zero-order valence-electron chi connectivity index (χ0n) is 13.9. The van der Waals surface area contributed by atoms with E-state index in [1.165, 1.54) is 12.0 Å². The Balaban J connectivity index is 1.90. The van der Waals surface area contributed by atoms with Crippen molar-refractivity contribution >= 4 is 12.1 Å². The molecule has 1 heterocycles. The molecule has 0 aromatic heterocycles. The molecule has 23 heavy (non-hydrogen) atoms. The van der Waals surface area contributed by atoms with Crippen molar-refractivity contribution in [2.24, 2.45) is 0 Å². The molecule has 1 aliphatic heterocycles. The van der Waals surface area contributed by atoms with E-state index in [0.29, 0.717) is 6.61 Å². The number of carbonyl (C=O) groups excluding carboxylic acids is 2. The third kappa shape index (κ3) is 4.69. The fraction of sp³-hybridized carbons (Fsp3) is 0.529. The monoisotopic (exact) mass is 321 g/mol. The fourth-order valence-electron chi connectivity index (χ4n) is 2.28. The molecule has 0 aliphatic carbocycles. The first-order chi connectivity index (χ1) is 10.8. The smallest absolute Gasteiger partial charge is 0.411 e. The number of methoxy groups -OCH3 is 1. The van der Waals surface area contributed by atoms with Crippen molar-refractivity contribution in [3.63, 3.8) is 0 Å². The number of amides is 1. The van der Waals surface area contributed by atoms with Crippen LogP contribution in [0, 0.1) is 0 Å². The first-order valence-electron chi connectivity index (χ1n) is 7.54. The minimum Gasteiger partial charge on any atom is -0.467 e. The van der Waals surface area contributed by atoms with Crippen molar-refractivity contribution in [2.45, 2.75) is 45.1 Å². The molecule has 0 N–H and O–H groups in total. The topological polar surface area (TPSA) is 64.8 Å². The van der Waals surface area contributed by atoms with Crippen LogP contribution in [0.4, 0.5) is 4.79 Å². The molecule has 1 fully saturated rings. The van der Waals surface area contributed by atoms with Crippen LogP contribution < -0.4 is 0 Å². The summed E-state index contributed by atoms with van der Waals surface area (Å²) in [5.41, 5.74) is 0.419. The number of nitrogens with zero attached hydrogens (tertiary/aromatic N) is 1. The summed E-state index contributed by atoms with van der Waals surface area (Å²) < 4.78 is 15.7. The fourth-order valence-corrected chi connectivity index (χ4v) is 2.28. The molecule has 6 nitrogen and oxygen atoms in total. The van der Waals surface area contributed by atoms with Crippen molar-refractivity contribution in [1.29, 1.82) is 0 Å². The Hall–Kier alpha value is -2.08. The van der Waals surface area contributed by atoms with Crippen molar-refractivity contribution in [1.82, 2.24) is 4.90 Å². The predicted octanol–water partition coefficient (Wildman–Crippen LogP) is 2.36. The van der Waals surface area contributed by atoms with E-state index in [-0.39, 0.29) is 12.6 Å². The molecule has 126 valence electrons. The van der Waals surface area contributed by atoms with Crippen molar-refractivity contribution in [3.8, 4) is 0 Å². The third-order valence-corrected chi connectivity index (χ3v) is 3.38. The van der Waals surface area contributed by atoms with Crippen LogP contribution in [-0.4, -0.2) is 48.4 Å². The summed E-state index contributed by atoms with van der Waals surface area (Å²) in [6.07, 6.45) is -0.527. The van der Waals surface area contributed by atoms with Gasteiger partial charge in [0, 0.05) is 0 Å². The molecular weight excluding hydrogens is 298 g/mol. The maximum atomic E-state index is 12.1. The second kappa shape index (κ2) is 7.00. The Morgan fingerprint density at radius 3 is 2.39 bits per heavy atom. The van der Waals surface area contributed by atoms with Crippen molar-refractivity contribution in [3.05, 3.63) is 35.9 Å². The first-order valence-corrected chi connectivity index (χ1v) is 7.54. The van der Waals surface area contributed by atoms with Crippen LogP contribution in [0.15, 0.2) is 30.3 Å². The quantitative estimate of drug-likeness (QED) is 0.615. The van der Waals surface area contributed by atoms with Gasteiger partial charge < -0.3 is 14.2 Å². The first kappa shape index (κ1) is 17.3. The molecule has 0 saturated carbocycles. The maximum Gasteiger partial charge on any atom is 0.411 e. The van der Waals surface area contributed by atoms with Crippen molar-refractivity contribution in [2.75, 3.05) is 13.7 Å². The van der Waals surface area contributed by atoms with E-state index >= 15 is 0 Å². The molecule has 0 unspecified atom stereocenters. The molecular formula is C17H23NO5. The molecule has 6 heteroatoms. The van der Waals surface area contributed by atoms with Gasteiger partial charge in [0.15, 0.2) is 6.04 Å². The molecule has 1 aromatic rings. The zero-order chi connectivity index (χ0) is 17.0. The molecule has 1 amide bonds. The molecule has 0 radical (unpaired) electrons. The number of benzene rings is 1. The van der Waals surface area contributed by atoms with Gasteiger partial charge >= 0.3 is 12.1 Å². The van der Waals surface area contributed by atoms with Crippen LogP contribution >= 0.6 is 0 Å². The van der Waals surface area contributed by atoms with Crippen molar-refractivity contribution < 1.29 is 23.8 Å². The van der Waals surface area contributed by atoms with Gasteiger partial charge in [0.1, 0.15) is 5.60 Å². The lowest BCUT2D eigenvalue weighted by atomic mass is 10.2. The van der Waals surface area contributed by atoms with E-state index < -0.39 is 23.7 Å². The van der Waals surface area contributed by atoms with Gasteiger partial charge in [0.25, 0.3) is 0 Å². The highest BCUT2D eigenvalue weighted by Crippen LogP contribution is 2.32. The van der Waals surface area contributed by atoms with Gasteiger partial charge in [-0.3, -0.25) is 4.90 Å². The van der Waals surface area contributed by atoms with E-state index in [2.05, 4.69) is 0 Å². The molecule has 1 saturated heterocycles. The van der Waals surface area contributed by atoms with Crippen LogP contribution in [0.25, 0.3) is 0 Å². The summed E-state index contributed by atoms with van der Waals surface area (Å²) in [5, 5.41) is 0. The average molecular weight is 321 g/mol. The van der Waals surface area contributed by atoms with Gasteiger partial charge in [-0.25, -0.2) is 9.59 Å². The third-order valence-electron chi connectivity index (χ3n) is 3.38. The van der Waals surface area contributed by atoms with E-state index in [0.717, 1.165) is 5.56 Å². The Morgan fingerprint density at radius 1 is 1.17 bits per heavy atom. The lowest BCUT2D eigenvalue weighted by Crippen LogP contribution is -2.29. The summed E-state index contributed by atoms with van der Waals surface area (Å²) in [6, 6.07) is 8.72. The van der Waals surface area contributed by atoms with Gasteiger partial charge in [-0.05, 0) is 26.3 Å². The minimum absolute atomic E-state index is 0.258.